The lowest BCUT2D eigenvalue weighted by molar-refractivity contribution is -0.125. The predicted octanol–water partition coefficient (Wildman–Crippen LogP) is 3.57. The van der Waals surface area contributed by atoms with Gasteiger partial charge in [-0.3, -0.25) is 4.79 Å². The Hall–Kier alpha value is -2.82. The number of carbonyl (C=O) groups excluding carboxylic acids is 2. The molecule has 2 aromatic rings. The highest BCUT2D eigenvalue weighted by Crippen LogP contribution is 2.34. The molecule has 0 saturated carbocycles. The first-order valence-electron chi connectivity index (χ1n) is 8.32. The van der Waals surface area contributed by atoms with Crippen LogP contribution >= 0.6 is 0 Å². The Morgan fingerprint density at radius 3 is 2.52 bits per heavy atom. The quantitative estimate of drug-likeness (QED) is 0.799. The molecule has 1 aliphatic heterocycles. The van der Waals surface area contributed by atoms with Crippen molar-refractivity contribution in [3.05, 3.63) is 59.7 Å². The van der Waals surface area contributed by atoms with Crippen LogP contribution in [0, 0.1) is 0 Å². The molecule has 1 amide bonds. The van der Waals surface area contributed by atoms with Gasteiger partial charge in [0, 0.05) is 0 Å². The molecule has 1 heterocycles. The van der Waals surface area contributed by atoms with E-state index in [0.29, 0.717) is 17.9 Å². The molecule has 130 valence electrons. The van der Waals surface area contributed by atoms with Crippen LogP contribution in [0.1, 0.15) is 36.7 Å². The normalized spacial score (nSPS) is 16.4. The molecule has 3 rings (SSSR count). The van der Waals surface area contributed by atoms with Gasteiger partial charge in [-0.25, -0.2) is 4.79 Å². The highest BCUT2D eigenvalue weighted by molar-refractivity contribution is 5.99. The summed E-state index contributed by atoms with van der Waals surface area (Å²) < 4.78 is 10.8. The zero-order chi connectivity index (χ0) is 18.0. The predicted molar refractivity (Wildman–Crippen MR) is 94.7 cm³/mol. The topological polar surface area (TPSA) is 55.8 Å². The number of nitrogens with zero attached hydrogens (tertiary/aromatic N) is 1. The summed E-state index contributed by atoms with van der Waals surface area (Å²) in [6, 6.07) is 14.6. The maximum absolute atomic E-state index is 12.5. The summed E-state index contributed by atoms with van der Waals surface area (Å²) >= 11 is 0. The third-order valence-electron chi connectivity index (χ3n) is 3.95. The van der Waals surface area contributed by atoms with E-state index in [1.807, 2.05) is 50.2 Å². The number of para-hydroxylation sites is 2. The van der Waals surface area contributed by atoms with Crippen molar-refractivity contribution in [1.82, 2.24) is 0 Å². The maximum atomic E-state index is 12.5. The summed E-state index contributed by atoms with van der Waals surface area (Å²) in [6.45, 7) is 5.79. The molecule has 0 aromatic heterocycles. The van der Waals surface area contributed by atoms with E-state index in [1.54, 1.807) is 24.0 Å². The molecular formula is C20H21NO4. The Morgan fingerprint density at radius 1 is 1.16 bits per heavy atom. The molecule has 0 saturated heterocycles. The molecule has 5 nitrogen and oxygen atoms in total. The smallest absolute Gasteiger partial charge is 0.338 e. The number of rotatable bonds is 4. The van der Waals surface area contributed by atoms with Gasteiger partial charge < -0.3 is 14.4 Å². The second-order valence-electron chi connectivity index (χ2n) is 6.30. The van der Waals surface area contributed by atoms with Crippen molar-refractivity contribution in [2.75, 3.05) is 4.90 Å². The summed E-state index contributed by atoms with van der Waals surface area (Å²) in [5.41, 5.74) is 2.19. The molecule has 0 fully saturated rings. The van der Waals surface area contributed by atoms with Crippen LogP contribution in [-0.2, 0) is 16.1 Å². The summed E-state index contributed by atoms with van der Waals surface area (Å²) in [6.07, 6.45) is -0.675. The first-order valence-corrected chi connectivity index (χ1v) is 8.32. The minimum absolute atomic E-state index is 0.0815. The number of ether oxygens (including phenoxy) is 2. The minimum atomic E-state index is -0.518. The number of esters is 1. The van der Waals surface area contributed by atoms with Crippen LogP contribution in [0.25, 0.3) is 0 Å². The average molecular weight is 339 g/mol. The van der Waals surface area contributed by atoms with E-state index in [9.17, 15) is 9.59 Å². The molecule has 25 heavy (non-hydrogen) atoms. The van der Waals surface area contributed by atoms with Gasteiger partial charge >= 0.3 is 5.97 Å². The molecule has 0 spiro atoms. The first-order chi connectivity index (χ1) is 12.0. The zero-order valence-electron chi connectivity index (χ0n) is 14.6. The molecule has 0 aliphatic carbocycles. The zero-order valence-corrected chi connectivity index (χ0v) is 14.6. The Balaban J connectivity index is 1.80. The van der Waals surface area contributed by atoms with Gasteiger partial charge in [-0.15, -0.1) is 0 Å². The van der Waals surface area contributed by atoms with E-state index >= 15 is 0 Å². The van der Waals surface area contributed by atoms with Gasteiger partial charge in [-0.1, -0.05) is 24.3 Å². The van der Waals surface area contributed by atoms with Gasteiger partial charge in [0.15, 0.2) is 6.10 Å². The van der Waals surface area contributed by atoms with E-state index in [1.165, 1.54) is 0 Å². The summed E-state index contributed by atoms with van der Waals surface area (Å²) in [7, 11) is 0. The summed E-state index contributed by atoms with van der Waals surface area (Å²) in [5, 5.41) is 0. The lowest BCUT2D eigenvalue weighted by atomic mass is 10.1. The first kappa shape index (κ1) is 17.0. The third-order valence-corrected chi connectivity index (χ3v) is 3.95. The molecule has 0 radical (unpaired) electrons. The van der Waals surface area contributed by atoms with E-state index in [2.05, 4.69) is 0 Å². The molecule has 1 unspecified atom stereocenters. The van der Waals surface area contributed by atoms with Crippen molar-refractivity contribution in [1.29, 1.82) is 0 Å². The Morgan fingerprint density at radius 2 is 1.84 bits per heavy atom. The fourth-order valence-electron chi connectivity index (χ4n) is 2.73. The second-order valence-corrected chi connectivity index (χ2v) is 6.30. The van der Waals surface area contributed by atoms with Crippen LogP contribution in [0.2, 0.25) is 0 Å². The SMILES string of the molecule is CC(C)OC(=O)c1ccc(CN2C(=O)C(C)Oc3ccccc32)cc1. The number of amides is 1. The number of benzene rings is 2. The number of carbonyl (C=O) groups is 2. The largest absolute Gasteiger partial charge is 0.479 e. The Bertz CT molecular complexity index is 783. The van der Waals surface area contributed by atoms with E-state index in [4.69, 9.17) is 9.47 Å². The molecule has 1 aliphatic rings. The maximum Gasteiger partial charge on any atom is 0.338 e. The fraction of sp³-hybridized carbons (Fsp3) is 0.300. The highest BCUT2D eigenvalue weighted by atomic mass is 16.5. The number of fused-ring (bicyclic) bond motifs is 1. The van der Waals surface area contributed by atoms with Crippen LogP contribution in [0.3, 0.4) is 0 Å². The summed E-state index contributed by atoms with van der Waals surface area (Å²) in [4.78, 5) is 26.1. The third kappa shape index (κ3) is 3.65. The van der Waals surface area contributed by atoms with Crippen LogP contribution in [0.15, 0.2) is 48.5 Å². The van der Waals surface area contributed by atoms with E-state index in [-0.39, 0.29) is 18.0 Å². The molecule has 0 bridgehead atoms. The van der Waals surface area contributed by atoms with E-state index < -0.39 is 6.10 Å². The average Bonchev–Trinajstić information content (AvgIpc) is 2.59. The monoisotopic (exact) mass is 339 g/mol. The van der Waals surface area contributed by atoms with Crippen molar-refractivity contribution in [2.24, 2.45) is 0 Å². The lowest BCUT2D eigenvalue weighted by Crippen LogP contribution is -2.43. The Kier molecular flexibility index (Phi) is 4.74. The van der Waals surface area contributed by atoms with Gasteiger partial charge in [0.2, 0.25) is 0 Å². The van der Waals surface area contributed by atoms with Gasteiger partial charge in [0.05, 0.1) is 23.9 Å². The standard InChI is InChI=1S/C20H21NO4/c1-13(2)24-20(23)16-10-8-15(9-11-16)12-21-17-6-4-5-7-18(17)25-14(3)19(21)22/h4-11,13-14H,12H2,1-3H3. The molecule has 0 N–H and O–H groups in total. The Labute approximate surface area is 147 Å². The minimum Gasteiger partial charge on any atom is -0.479 e. The molecule has 1 atom stereocenters. The van der Waals surface area contributed by atoms with E-state index in [0.717, 1.165) is 11.3 Å². The van der Waals surface area contributed by atoms with Crippen molar-refractivity contribution >= 4 is 17.6 Å². The molecular weight excluding hydrogens is 318 g/mol. The number of hydrogen-bond acceptors (Lipinski definition) is 4. The fourth-order valence-corrected chi connectivity index (χ4v) is 2.73. The highest BCUT2D eigenvalue weighted by Gasteiger charge is 2.31. The van der Waals surface area contributed by atoms with Crippen LogP contribution < -0.4 is 9.64 Å². The molecule has 5 heteroatoms. The lowest BCUT2D eigenvalue weighted by Gasteiger charge is -2.33. The summed E-state index contributed by atoms with van der Waals surface area (Å²) in [5.74, 6) is 0.275. The van der Waals surface area contributed by atoms with Crippen molar-refractivity contribution in [3.63, 3.8) is 0 Å². The van der Waals surface area contributed by atoms with Crippen LogP contribution in [0.5, 0.6) is 5.75 Å². The van der Waals surface area contributed by atoms with Crippen molar-refractivity contribution in [3.8, 4) is 5.75 Å². The van der Waals surface area contributed by atoms with Crippen LogP contribution in [-0.4, -0.2) is 24.1 Å². The van der Waals surface area contributed by atoms with Crippen molar-refractivity contribution < 1.29 is 19.1 Å². The number of anilines is 1. The van der Waals surface area contributed by atoms with Crippen LogP contribution in [0.4, 0.5) is 5.69 Å². The van der Waals surface area contributed by atoms with Gasteiger partial charge in [0.25, 0.3) is 5.91 Å². The molecule has 2 aromatic carbocycles. The second kappa shape index (κ2) is 6.97. The van der Waals surface area contributed by atoms with Crippen molar-refractivity contribution in [2.45, 2.75) is 39.5 Å². The number of hydrogen-bond donors (Lipinski definition) is 0. The van der Waals surface area contributed by atoms with Gasteiger partial charge in [-0.2, -0.15) is 0 Å². The van der Waals surface area contributed by atoms with Gasteiger partial charge in [-0.05, 0) is 50.6 Å². The van der Waals surface area contributed by atoms with Gasteiger partial charge in [0.1, 0.15) is 5.75 Å².